The number of hydrogen-bond acceptors (Lipinski definition) is 2. The lowest BCUT2D eigenvalue weighted by Crippen LogP contribution is -2.12. The molecule has 0 saturated carbocycles. The molecule has 52 heavy (non-hydrogen) atoms. The van der Waals surface area contributed by atoms with Crippen LogP contribution in [0.4, 0.5) is 17.1 Å². The van der Waals surface area contributed by atoms with E-state index >= 15 is 0 Å². The molecule has 0 unspecified atom stereocenters. The molecule has 10 aromatic rings. The maximum Gasteiger partial charge on any atom is 0.137 e. The quantitative estimate of drug-likeness (QED) is 0.165. The fourth-order valence-corrected chi connectivity index (χ4v) is 7.71. The van der Waals surface area contributed by atoms with Gasteiger partial charge in [0.25, 0.3) is 0 Å². The molecule has 0 radical (unpaired) electrons. The summed E-state index contributed by atoms with van der Waals surface area (Å²) in [5, 5.41) is 7.14. The lowest BCUT2D eigenvalue weighted by atomic mass is 9.94. The summed E-state index contributed by atoms with van der Waals surface area (Å²) in [6.07, 6.45) is 0. The number of furan rings is 1. The molecule has 0 amide bonds. The van der Waals surface area contributed by atoms with Crippen molar-refractivity contribution in [3.8, 4) is 33.4 Å². The van der Waals surface area contributed by atoms with E-state index in [0.29, 0.717) is 0 Å². The largest absolute Gasteiger partial charge is 0.456 e. The minimum absolute atomic E-state index is 0.859. The second-order valence-electron chi connectivity index (χ2n) is 13.3. The average Bonchev–Trinajstić information content (AvgIpc) is 3.61. The lowest BCUT2D eigenvalue weighted by Gasteiger charge is -2.29. The van der Waals surface area contributed by atoms with Crippen molar-refractivity contribution < 1.29 is 4.42 Å². The SMILES string of the molecule is c1ccc(-c2ccc(N(c3ccc(-c4ccccc4)cc3)c3c(-c4ccc5ccc6ccccc6c5c4)ccc4oc5ccccc5c34)cc2)cc1. The Morgan fingerprint density at radius 1 is 0.327 bits per heavy atom. The van der Waals surface area contributed by atoms with Crippen molar-refractivity contribution in [1.82, 2.24) is 0 Å². The number of anilines is 3. The van der Waals surface area contributed by atoms with Crippen LogP contribution in [-0.2, 0) is 0 Å². The Bertz CT molecular complexity index is 2790. The number of para-hydroxylation sites is 1. The van der Waals surface area contributed by atoms with E-state index in [1.54, 1.807) is 0 Å². The zero-order valence-corrected chi connectivity index (χ0v) is 28.4. The first-order valence-electron chi connectivity index (χ1n) is 17.8. The van der Waals surface area contributed by atoms with Gasteiger partial charge in [0, 0.05) is 22.3 Å². The Labute approximate surface area is 302 Å². The number of nitrogens with zero attached hydrogens (tertiary/aromatic N) is 1. The molecule has 0 aliphatic heterocycles. The molecular weight excluding hydrogens is 631 g/mol. The highest BCUT2D eigenvalue weighted by Gasteiger charge is 2.24. The van der Waals surface area contributed by atoms with Crippen LogP contribution >= 0.6 is 0 Å². The van der Waals surface area contributed by atoms with Crippen molar-refractivity contribution in [2.45, 2.75) is 0 Å². The number of rotatable bonds is 6. The molecule has 0 saturated heterocycles. The molecule has 0 aliphatic carbocycles. The van der Waals surface area contributed by atoms with E-state index < -0.39 is 0 Å². The van der Waals surface area contributed by atoms with E-state index in [1.807, 2.05) is 6.07 Å². The van der Waals surface area contributed by atoms with E-state index in [-0.39, 0.29) is 0 Å². The van der Waals surface area contributed by atoms with Crippen LogP contribution in [0.1, 0.15) is 0 Å². The first-order chi connectivity index (χ1) is 25.8. The summed E-state index contributed by atoms with van der Waals surface area (Å²) in [6, 6.07) is 71.7. The van der Waals surface area contributed by atoms with Crippen molar-refractivity contribution in [3.05, 3.63) is 200 Å². The van der Waals surface area contributed by atoms with Gasteiger partial charge in [-0.1, -0.05) is 152 Å². The van der Waals surface area contributed by atoms with Gasteiger partial charge in [-0.2, -0.15) is 0 Å². The number of fused-ring (bicyclic) bond motifs is 6. The van der Waals surface area contributed by atoms with Crippen LogP contribution in [0.2, 0.25) is 0 Å². The molecule has 2 nitrogen and oxygen atoms in total. The minimum atomic E-state index is 0.859. The summed E-state index contributed by atoms with van der Waals surface area (Å²) in [6.45, 7) is 0. The molecular formula is C50H33NO. The predicted molar refractivity (Wildman–Crippen MR) is 220 cm³/mol. The molecule has 0 atom stereocenters. The van der Waals surface area contributed by atoms with Gasteiger partial charge in [0.05, 0.1) is 11.1 Å². The Morgan fingerprint density at radius 3 is 1.48 bits per heavy atom. The van der Waals surface area contributed by atoms with Crippen molar-refractivity contribution in [1.29, 1.82) is 0 Å². The second kappa shape index (κ2) is 12.5. The minimum Gasteiger partial charge on any atom is -0.456 e. The molecule has 0 N–H and O–H groups in total. The summed E-state index contributed by atoms with van der Waals surface area (Å²) in [5.41, 5.74) is 12.0. The van der Waals surface area contributed by atoms with Crippen LogP contribution < -0.4 is 4.90 Å². The molecule has 10 rings (SSSR count). The fourth-order valence-electron chi connectivity index (χ4n) is 7.71. The molecule has 1 aromatic heterocycles. The van der Waals surface area contributed by atoms with Gasteiger partial charge < -0.3 is 9.32 Å². The monoisotopic (exact) mass is 663 g/mol. The molecule has 244 valence electrons. The first-order valence-corrected chi connectivity index (χ1v) is 17.8. The highest BCUT2D eigenvalue weighted by atomic mass is 16.3. The smallest absolute Gasteiger partial charge is 0.137 e. The van der Waals surface area contributed by atoms with Gasteiger partial charge in [-0.3, -0.25) is 0 Å². The van der Waals surface area contributed by atoms with Gasteiger partial charge in [-0.25, -0.2) is 0 Å². The standard InChI is InChI=1S/C50H33NO/c1-3-11-34(12-4-1)36-23-27-41(28-24-36)51(42-29-25-37(26-30-42)35-13-5-2-6-14-35)50-44(31-32-48-49(50)45-17-9-10-18-47(45)52-48)40-22-21-39-20-19-38-15-7-8-16-43(38)46(39)33-40/h1-33H. The molecule has 0 aliphatic rings. The van der Waals surface area contributed by atoms with Crippen LogP contribution in [0.15, 0.2) is 205 Å². The molecule has 0 spiro atoms. The maximum absolute atomic E-state index is 6.56. The predicted octanol–water partition coefficient (Wildman–Crippen LogP) is 14.4. The Balaban J connectivity index is 1.25. The number of benzene rings is 9. The van der Waals surface area contributed by atoms with E-state index in [4.69, 9.17) is 4.42 Å². The topological polar surface area (TPSA) is 16.4 Å². The zero-order valence-electron chi connectivity index (χ0n) is 28.4. The van der Waals surface area contributed by atoms with Crippen LogP contribution in [0.25, 0.3) is 76.9 Å². The van der Waals surface area contributed by atoms with Crippen LogP contribution in [0.3, 0.4) is 0 Å². The van der Waals surface area contributed by atoms with Gasteiger partial charge in [0.1, 0.15) is 11.2 Å². The summed E-state index contributed by atoms with van der Waals surface area (Å²) in [4.78, 5) is 2.41. The average molecular weight is 664 g/mol. The van der Waals surface area contributed by atoms with Crippen molar-refractivity contribution in [3.63, 3.8) is 0 Å². The Kier molecular flexibility index (Phi) is 7.18. The van der Waals surface area contributed by atoms with Crippen molar-refractivity contribution in [2.75, 3.05) is 4.90 Å². The first kappa shape index (κ1) is 30.0. The highest BCUT2D eigenvalue weighted by molar-refractivity contribution is 6.18. The second-order valence-corrected chi connectivity index (χ2v) is 13.3. The van der Waals surface area contributed by atoms with Gasteiger partial charge in [-0.15, -0.1) is 0 Å². The Morgan fingerprint density at radius 2 is 0.827 bits per heavy atom. The van der Waals surface area contributed by atoms with Crippen LogP contribution in [-0.4, -0.2) is 0 Å². The van der Waals surface area contributed by atoms with Crippen molar-refractivity contribution >= 4 is 60.5 Å². The van der Waals surface area contributed by atoms with Gasteiger partial charge >= 0.3 is 0 Å². The van der Waals surface area contributed by atoms with E-state index in [0.717, 1.165) is 50.1 Å². The van der Waals surface area contributed by atoms with Gasteiger partial charge in [0.2, 0.25) is 0 Å². The summed E-state index contributed by atoms with van der Waals surface area (Å²) >= 11 is 0. The molecule has 9 aromatic carbocycles. The lowest BCUT2D eigenvalue weighted by molar-refractivity contribution is 0.669. The molecule has 1 heterocycles. The van der Waals surface area contributed by atoms with E-state index in [1.165, 1.54) is 43.8 Å². The maximum atomic E-state index is 6.56. The highest BCUT2D eigenvalue weighted by Crippen LogP contribution is 2.49. The van der Waals surface area contributed by atoms with E-state index in [9.17, 15) is 0 Å². The molecule has 2 heteroatoms. The zero-order chi connectivity index (χ0) is 34.4. The normalized spacial score (nSPS) is 11.5. The summed E-state index contributed by atoms with van der Waals surface area (Å²) in [7, 11) is 0. The van der Waals surface area contributed by atoms with E-state index in [2.05, 4.69) is 199 Å². The van der Waals surface area contributed by atoms with Gasteiger partial charge in [-0.05, 0) is 97.9 Å². The summed E-state index contributed by atoms with van der Waals surface area (Å²) in [5.74, 6) is 0. The molecule has 0 bridgehead atoms. The third-order valence-electron chi connectivity index (χ3n) is 10.3. The molecule has 0 fully saturated rings. The number of hydrogen-bond donors (Lipinski definition) is 0. The third-order valence-corrected chi connectivity index (χ3v) is 10.3. The Hall–Kier alpha value is -6.90. The van der Waals surface area contributed by atoms with Crippen LogP contribution in [0, 0.1) is 0 Å². The van der Waals surface area contributed by atoms with Crippen molar-refractivity contribution in [2.24, 2.45) is 0 Å². The third kappa shape index (κ3) is 5.12. The summed E-state index contributed by atoms with van der Waals surface area (Å²) < 4.78 is 6.56. The fraction of sp³-hybridized carbons (Fsp3) is 0. The van der Waals surface area contributed by atoms with Gasteiger partial charge in [0.15, 0.2) is 0 Å². The van der Waals surface area contributed by atoms with Crippen LogP contribution in [0.5, 0.6) is 0 Å².